The van der Waals surface area contributed by atoms with Crippen molar-refractivity contribution in [2.45, 2.75) is 60.5 Å². The van der Waals surface area contributed by atoms with E-state index in [2.05, 4.69) is 39.8 Å². The van der Waals surface area contributed by atoms with Gasteiger partial charge in [-0.05, 0) is 42.4 Å². The van der Waals surface area contributed by atoms with Gasteiger partial charge in [-0.3, -0.25) is 4.79 Å². The van der Waals surface area contributed by atoms with Crippen molar-refractivity contribution in [1.29, 1.82) is 0 Å². The Labute approximate surface area is 152 Å². The molecule has 1 atom stereocenters. The highest BCUT2D eigenvalue weighted by Crippen LogP contribution is 2.27. The molecule has 0 bridgehead atoms. The minimum absolute atomic E-state index is 0.189. The number of amides is 1. The highest BCUT2D eigenvalue weighted by atomic mass is 16.3. The second-order valence-corrected chi connectivity index (χ2v) is 8.32. The molecule has 0 aliphatic heterocycles. The van der Waals surface area contributed by atoms with Crippen molar-refractivity contribution in [3.8, 4) is 0 Å². The summed E-state index contributed by atoms with van der Waals surface area (Å²) in [6.45, 7) is 11.9. The Morgan fingerprint density at radius 2 is 1.76 bits per heavy atom. The average molecular weight is 341 g/mol. The number of benzene rings is 1. The number of nitrogens with zero attached hydrogens (tertiary/aromatic N) is 1. The second-order valence-electron chi connectivity index (χ2n) is 8.32. The fourth-order valence-corrected chi connectivity index (χ4v) is 3.34. The first-order valence-electron chi connectivity index (χ1n) is 9.10. The first-order chi connectivity index (χ1) is 11.7. The number of rotatable bonds is 7. The van der Waals surface area contributed by atoms with E-state index in [4.69, 9.17) is 4.42 Å². The summed E-state index contributed by atoms with van der Waals surface area (Å²) >= 11 is 0. The summed E-state index contributed by atoms with van der Waals surface area (Å²) in [5.41, 5.74) is 1.38. The molecule has 25 heavy (non-hydrogen) atoms. The van der Waals surface area contributed by atoms with Gasteiger partial charge >= 0.3 is 0 Å². The van der Waals surface area contributed by atoms with Gasteiger partial charge in [0.1, 0.15) is 11.5 Å². The lowest BCUT2D eigenvalue weighted by molar-refractivity contribution is -0.133. The standard InChI is InChI=1S/C22H31NO2/c1-17(14-22(3,4)5)13-21(24)23(15-19-9-7-6-8-10-19)16-20-12-11-18(2)25-20/h6-12,17H,13-16H2,1-5H3. The third kappa shape index (κ3) is 6.77. The molecule has 0 spiro atoms. The molecular formula is C22H31NO2. The highest BCUT2D eigenvalue weighted by Gasteiger charge is 2.22. The maximum Gasteiger partial charge on any atom is 0.223 e. The zero-order valence-corrected chi connectivity index (χ0v) is 16.2. The van der Waals surface area contributed by atoms with Crippen LogP contribution in [0.25, 0.3) is 0 Å². The molecule has 1 aromatic heterocycles. The number of hydrogen-bond acceptors (Lipinski definition) is 2. The summed E-state index contributed by atoms with van der Waals surface area (Å²) in [5.74, 6) is 2.27. The molecule has 0 saturated heterocycles. The monoisotopic (exact) mass is 341 g/mol. The number of furan rings is 1. The molecule has 0 aliphatic carbocycles. The van der Waals surface area contributed by atoms with E-state index in [1.165, 1.54) is 0 Å². The van der Waals surface area contributed by atoms with Crippen molar-refractivity contribution in [2.24, 2.45) is 11.3 Å². The number of aryl methyl sites for hydroxylation is 1. The van der Waals surface area contributed by atoms with Gasteiger partial charge in [0.25, 0.3) is 0 Å². The Balaban J connectivity index is 2.08. The lowest BCUT2D eigenvalue weighted by Crippen LogP contribution is -2.31. The smallest absolute Gasteiger partial charge is 0.223 e. The highest BCUT2D eigenvalue weighted by molar-refractivity contribution is 5.76. The SMILES string of the molecule is Cc1ccc(CN(Cc2ccccc2)C(=O)CC(C)CC(C)(C)C)o1. The van der Waals surface area contributed by atoms with Gasteiger partial charge in [0.05, 0.1) is 6.54 Å². The summed E-state index contributed by atoms with van der Waals surface area (Å²) in [6.07, 6.45) is 1.61. The maximum atomic E-state index is 12.9. The van der Waals surface area contributed by atoms with Crippen molar-refractivity contribution < 1.29 is 9.21 Å². The van der Waals surface area contributed by atoms with Crippen molar-refractivity contribution in [2.75, 3.05) is 0 Å². The normalized spacial score (nSPS) is 12.8. The van der Waals surface area contributed by atoms with Crippen LogP contribution >= 0.6 is 0 Å². The Morgan fingerprint density at radius 1 is 1.08 bits per heavy atom. The van der Waals surface area contributed by atoms with Crippen LogP contribution in [0.15, 0.2) is 46.9 Å². The Bertz CT molecular complexity index is 667. The lowest BCUT2D eigenvalue weighted by atomic mass is 9.84. The first-order valence-corrected chi connectivity index (χ1v) is 9.10. The summed E-state index contributed by atoms with van der Waals surface area (Å²) in [5, 5.41) is 0. The fraction of sp³-hybridized carbons (Fsp3) is 0.500. The van der Waals surface area contributed by atoms with Crippen molar-refractivity contribution >= 4 is 5.91 Å². The van der Waals surface area contributed by atoms with Crippen LogP contribution in [0.4, 0.5) is 0 Å². The summed E-state index contributed by atoms with van der Waals surface area (Å²) < 4.78 is 5.69. The van der Waals surface area contributed by atoms with Crippen LogP contribution in [0.2, 0.25) is 0 Å². The molecule has 0 aliphatic rings. The predicted molar refractivity (Wildman–Crippen MR) is 102 cm³/mol. The molecule has 3 nitrogen and oxygen atoms in total. The topological polar surface area (TPSA) is 33.5 Å². The zero-order valence-electron chi connectivity index (χ0n) is 16.2. The van der Waals surface area contributed by atoms with Crippen LogP contribution in [0.1, 0.15) is 57.6 Å². The molecule has 1 heterocycles. The molecule has 1 amide bonds. The van der Waals surface area contributed by atoms with Crippen LogP contribution in [-0.4, -0.2) is 10.8 Å². The summed E-state index contributed by atoms with van der Waals surface area (Å²) in [7, 11) is 0. The van der Waals surface area contributed by atoms with E-state index in [1.54, 1.807) is 0 Å². The molecular weight excluding hydrogens is 310 g/mol. The van der Waals surface area contributed by atoms with E-state index in [0.29, 0.717) is 25.4 Å². The van der Waals surface area contributed by atoms with E-state index in [1.807, 2.05) is 42.2 Å². The van der Waals surface area contributed by atoms with Crippen LogP contribution in [-0.2, 0) is 17.9 Å². The van der Waals surface area contributed by atoms with Gasteiger partial charge in [-0.25, -0.2) is 0 Å². The maximum absolute atomic E-state index is 12.9. The minimum Gasteiger partial charge on any atom is -0.464 e. The predicted octanol–water partition coefficient (Wildman–Crippen LogP) is 5.58. The number of hydrogen-bond donors (Lipinski definition) is 0. The third-order valence-electron chi connectivity index (χ3n) is 4.20. The van der Waals surface area contributed by atoms with Crippen molar-refractivity contribution in [1.82, 2.24) is 4.90 Å². The quantitative estimate of drug-likeness (QED) is 0.659. The molecule has 1 unspecified atom stereocenters. The average Bonchev–Trinajstić information content (AvgIpc) is 2.91. The van der Waals surface area contributed by atoms with Gasteiger partial charge in [-0.15, -0.1) is 0 Å². The molecule has 0 fully saturated rings. The summed E-state index contributed by atoms with van der Waals surface area (Å²) in [6, 6.07) is 14.0. The van der Waals surface area contributed by atoms with Gasteiger partial charge < -0.3 is 9.32 Å². The van der Waals surface area contributed by atoms with Gasteiger partial charge in [0, 0.05) is 13.0 Å². The van der Waals surface area contributed by atoms with Crippen LogP contribution in [0.5, 0.6) is 0 Å². The molecule has 0 N–H and O–H groups in total. The molecule has 136 valence electrons. The Kier molecular flexibility index (Phi) is 6.46. The molecule has 0 radical (unpaired) electrons. The Hall–Kier alpha value is -2.03. The van der Waals surface area contributed by atoms with Crippen molar-refractivity contribution in [3.05, 3.63) is 59.5 Å². The van der Waals surface area contributed by atoms with Gasteiger partial charge in [0.2, 0.25) is 5.91 Å². The van der Waals surface area contributed by atoms with E-state index in [-0.39, 0.29) is 11.3 Å². The largest absolute Gasteiger partial charge is 0.464 e. The van der Waals surface area contributed by atoms with E-state index in [0.717, 1.165) is 23.5 Å². The number of carbonyl (C=O) groups excluding carboxylic acids is 1. The fourth-order valence-electron chi connectivity index (χ4n) is 3.34. The molecule has 0 saturated carbocycles. The first kappa shape index (κ1) is 19.3. The van der Waals surface area contributed by atoms with Crippen LogP contribution in [0.3, 0.4) is 0 Å². The Morgan fingerprint density at radius 3 is 2.32 bits per heavy atom. The molecule has 1 aromatic carbocycles. The van der Waals surface area contributed by atoms with Crippen LogP contribution in [0, 0.1) is 18.3 Å². The number of carbonyl (C=O) groups is 1. The van der Waals surface area contributed by atoms with Gasteiger partial charge in [0.15, 0.2) is 0 Å². The molecule has 2 rings (SSSR count). The summed E-state index contributed by atoms with van der Waals surface area (Å²) in [4.78, 5) is 14.8. The van der Waals surface area contributed by atoms with E-state index >= 15 is 0 Å². The second kappa shape index (κ2) is 8.37. The van der Waals surface area contributed by atoms with Gasteiger partial charge in [-0.1, -0.05) is 58.0 Å². The van der Waals surface area contributed by atoms with Crippen molar-refractivity contribution in [3.63, 3.8) is 0 Å². The lowest BCUT2D eigenvalue weighted by Gasteiger charge is -2.26. The van der Waals surface area contributed by atoms with Crippen LogP contribution < -0.4 is 0 Å². The third-order valence-corrected chi connectivity index (χ3v) is 4.20. The molecule has 2 aromatic rings. The van der Waals surface area contributed by atoms with Gasteiger partial charge in [-0.2, -0.15) is 0 Å². The van der Waals surface area contributed by atoms with E-state index in [9.17, 15) is 4.79 Å². The minimum atomic E-state index is 0.189. The molecule has 3 heteroatoms. The zero-order chi connectivity index (χ0) is 18.4. The van der Waals surface area contributed by atoms with E-state index < -0.39 is 0 Å².